The number of halogens is 1. The summed E-state index contributed by atoms with van der Waals surface area (Å²) in [7, 11) is 0. The van der Waals surface area contributed by atoms with Crippen LogP contribution >= 0.6 is 15.9 Å². The van der Waals surface area contributed by atoms with Crippen molar-refractivity contribution in [1.29, 1.82) is 0 Å². The summed E-state index contributed by atoms with van der Waals surface area (Å²) in [6, 6.07) is 6.18. The molecule has 1 rings (SSSR count). The Morgan fingerprint density at radius 2 is 2.06 bits per heavy atom. The van der Waals surface area contributed by atoms with Crippen LogP contribution in [0.4, 0.5) is 0 Å². The first kappa shape index (κ1) is 14.2. The van der Waals surface area contributed by atoms with Gasteiger partial charge in [-0.3, -0.25) is 4.79 Å². The highest BCUT2D eigenvalue weighted by atomic mass is 79.9. The molecule has 2 atom stereocenters. The van der Waals surface area contributed by atoms with Gasteiger partial charge in [0.25, 0.3) is 0 Å². The van der Waals surface area contributed by atoms with E-state index in [0.717, 1.165) is 16.5 Å². The maximum atomic E-state index is 10.8. The molecule has 0 aliphatic rings. The third-order valence-corrected chi connectivity index (χ3v) is 3.86. The van der Waals surface area contributed by atoms with Gasteiger partial charge in [-0.15, -0.1) is 0 Å². The normalized spacial score (nSPS) is 14.4. The highest BCUT2D eigenvalue weighted by molar-refractivity contribution is 9.10. The lowest BCUT2D eigenvalue weighted by Gasteiger charge is -2.13. The summed E-state index contributed by atoms with van der Waals surface area (Å²) in [5.74, 6) is -0.557. The molecular formula is C14H19BrO2. The maximum absolute atomic E-state index is 10.8. The summed E-state index contributed by atoms with van der Waals surface area (Å²) in [6.45, 7) is 6.09. The van der Waals surface area contributed by atoms with Crippen molar-refractivity contribution in [2.45, 2.75) is 39.5 Å². The molecule has 2 nitrogen and oxygen atoms in total. The molecule has 1 N–H and O–H groups in total. The third kappa shape index (κ3) is 3.84. The summed E-state index contributed by atoms with van der Waals surface area (Å²) in [4.78, 5) is 10.8. The minimum atomic E-state index is -0.743. The van der Waals surface area contributed by atoms with E-state index in [9.17, 15) is 4.79 Å². The van der Waals surface area contributed by atoms with Gasteiger partial charge in [-0.05, 0) is 36.0 Å². The minimum absolute atomic E-state index is 0.337. The smallest absolute Gasteiger partial charge is 0.306 e. The Kier molecular flexibility index (Phi) is 5.19. The predicted octanol–water partition coefficient (Wildman–Crippen LogP) is 4.23. The molecule has 0 amide bonds. The zero-order chi connectivity index (χ0) is 13.0. The van der Waals surface area contributed by atoms with Gasteiger partial charge in [0.2, 0.25) is 0 Å². The Morgan fingerprint density at radius 3 is 2.53 bits per heavy atom. The topological polar surface area (TPSA) is 37.3 Å². The van der Waals surface area contributed by atoms with Crippen molar-refractivity contribution in [1.82, 2.24) is 0 Å². The van der Waals surface area contributed by atoms with Crippen LogP contribution in [-0.2, 0) is 11.2 Å². The Labute approximate surface area is 111 Å². The molecule has 0 bridgehead atoms. The van der Waals surface area contributed by atoms with Crippen LogP contribution in [-0.4, -0.2) is 11.1 Å². The van der Waals surface area contributed by atoms with Gasteiger partial charge in [0.05, 0.1) is 5.92 Å². The summed E-state index contributed by atoms with van der Waals surface area (Å²) in [5, 5.41) is 8.88. The standard InChI is InChI=1S/C14H19BrO2/c1-4-9(2)12-6-5-11(8-13(12)15)7-10(3)14(16)17/h5-6,8-10H,4,7H2,1-3H3,(H,16,17). The molecule has 0 saturated carbocycles. The molecule has 0 fully saturated rings. The molecule has 17 heavy (non-hydrogen) atoms. The first-order chi connectivity index (χ1) is 7.95. The van der Waals surface area contributed by atoms with Gasteiger partial charge in [-0.2, -0.15) is 0 Å². The van der Waals surface area contributed by atoms with Gasteiger partial charge in [-0.25, -0.2) is 0 Å². The van der Waals surface area contributed by atoms with Gasteiger partial charge in [-0.1, -0.05) is 48.8 Å². The van der Waals surface area contributed by atoms with Crippen molar-refractivity contribution in [2.75, 3.05) is 0 Å². The van der Waals surface area contributed by atoms with E-state index < -0.39 is 5.97 Å². The summed E-state index contributed by atoms with van der Waals surface area (Å²) < 4.78 is 1.09. The fraction of sp³-hybridized carbons (Fsp3) is 0.500. The molecule has 2 unspecified atom stereocenters. The maximum Gasteiger partial charge on any atom is 0.306 e. The van der Waals surface area contributed by atoms with Gasteiger partial charge >= 0.3 is 5.97 Å². The highest BCUT2D eigenvalue weighted by Gasteiger charge is 2.13. The number of aliphatic carboxylic acids is 1. The fourth-order valence-corrected chi connectivity index (χ4v) is 2.58. The zero-order valence-electron chi connectivity index (χ0n) is 10.5. The third-order valence-electron chi connectivity index (χ3n) is 3.17. The van der Waals surface area contributed by atoms with E-state index in [0.29, 0.717) is 12.3 Å². The molecule has 0 saturated heterocycles. The van der Waals surface area contributed by atoms with E-state index >= 15 is 0 Å². The zero-order valence-corrected chi connectivity index (χ0v) is 12.1. The Bertz CT molecular complexity index is 401. The van der Waals surface area contributed by atoms with Gasteiger partial charge in [0.15, 0.2) is 0 Å². The van der Waals surface area contributed by atoms with Crippen molar-refractivity contribution in [3.05, 3.63) is 33.8 Å². The average molecular weight is 299 g/mol. The first-order valence-electron chi connectivity index (χ1n) is 5.96. The molecular weight excluding hydrogens is 280 g/mol. The summed E-state index contributed by atoms with van der Waals surface area (Å²) in [6.07, 6.45) is 1.68. The van der Waals surface area contributed by atoms with E-state index in [1.165, 1.54) is 5.56 Å². The molecule has 1 aromatic carbocycles. The van der Waals surface area contributed by atoms with Crippen molar-refractivity contribution in [2.24, 2.45) is 5.92 Å². The monoisotopic (exact) mass is 298 g/mol. The van der Waals surface area contributed by atoms with Crippen LogP contribution < -0.4 is 0 Å². The summed E-state index contributed by atoms with van der Waals surface area (Å²) >= 11 is 3.57. The molecule has 3 heteroatoms. The predicted molar refractivity (Wildman–Crippen MR) is 73.4 cm³/mol. The van der Waals surface area contributed by atoms with E-state index in [-0.39, 0.29) is 5.92 Å². The van der Waals surface area contributed by atoms with Gasteiger partial charge in [0.1, 0.15) is 0 Å². The fourth-order valence-electron chi connectivity index (χ4n) is 1.76. The van der Waals surface area contributed by atoms with Crippen LogP contribution in [0.3, 0.4) is 0 Å². The Balaban J connectivity index is 2.85. The van der Waals surface area contributed by atoms with Crippen LogP contribution in [0, 0.1) is 5.92 Å². The van der Waals surface area contributed by atoms with Crippen LogP contribution in [0.15, 0.2) is 22.7 Å². The van der Waals surface area contributed by atoms with Crippen molar-refractivity contribution >= 4 is 21.9 Å². The van der Waals surface area contributed by atoms with E-state index in [4.69, 9.17) is 5.11 Å². The Morgan fingerprint density at radius 1 is 1.41 bits per heavy atom. The quantitative estimate of drug-likeness (QED) is 0.883. The highest BCUT2D eigenvalue weighted by Crippen LogP contribution is 2.28. The molecule has 0 heterocycles. The second-order valence-corrected chi connectivity index (χ2v) is 5.46. The average Bonchev–Trinajstić information content (AvgIpc) is 2.28. The minimum Gasteiger partial charge on any atom is -0.481 e. The van der Waals surface area contributed by atoms with Gasteiger partial charge in [0, 0.05) is 4.47 Å². The second kappa shape index (κ2) is 6.20. The number of hydrogen-bond acceptors (Lipinski definition) is 1. The van der Waals surface area contributed by atoms with Crippen molar-refractivity contribution in [3.8, 4) is 0 Å². The number of hydrogen-bond donors (Lipinski definition) is 1. The van der Waals surface area contributed by atoms with Gasteiger partial charge < -0.3 is 5.11 Å². The molecule has 0 spiro atoms. The van der Waals surface area contributed by atoms with Crippen LogP contribution in [0.1, 0.15) is 44.2 Å². The number of carboxylic acids is 1. The van der Waals surface area contributed by atoms with Crippen LogP contribution in [0.5, 0.6) is 0 Å². The SMILES string of the molecule is CCC(C)c1ccc(CC(C)C(=O)O)cc1Br. The second-order valence-electron chi connectivity index (χ2n) is 4.61. The van der Waals surface area contributed by atoms with E-state index in [1.807, 2.05) is 12.1 Å². The lowest BCUT2D eigenvalue weighted by atomic mass is 9.95. The van der Waals surface area contributed by atoms with E-state index in [1.54, 1.807) is 6.92 Å². The number of carboxylic acid groups (broad SMARTS) is 1. The number of carbonyl (C=O) groups is 1. The molecule has 0 aliphatic heterocycles. The Hall–Kier alpha value is -0.830. The molecule has 0 aromatic heterocycles. The van der Waals surface area contributed by atoms with Crippen LogP contribution in [0.25, 0.3) is 0 Å². The largest absolute Gasteiger partial charge is 0.481 e. The van der Waals surface area contributed by atoms with Crippen molar-refractivity contribution in [3.63, 3.8) is 0 Å². The number of rotatable bonds is 5. The molecule has 1 aromatic rings. The van der Waals surface area contributed by atoms with E-state index in [2.05, 4.69) is 35.8 Å². The lowest BCUT2D eigenvalue weighted by molar-refractivity contribution is -0.141. The van der Waals surface area contributed by atoms with Crippen LogP contribution in [0.2, 0.25) is 0 Å². The van der Waals surface area contributed by atoms with Crippen molar-refractivity contribution < 1.29 is 9.90 Å². The lowest BCUT2D eigenvalue weighted by Crippen LogP contribution is -2.12. The molecule has 0 radical (unpaired) electrons. The number of benzene rings is 1. The summed E-state index contributed by atoms with van der Waals surface area (Å²) in [5.41, 5.74) is 2.36. The molecule has 94 valence electrons. The molecule has 0 aliphatic carbocycles. The first-order valence-corrected chi connectivity index (χ1v) is 6.76.